The lowest BCUT2D eigenvalue weighted by Gasteiger charge is -2.19. The van der Waals surface area contributed by atoms with Crippen molar-refractivity contribution in [3.63, 3.8) is 0 Å². The van der Waals surface area contributed by atoms with Crippen LogP contribution >= 0.6 is 35.6 Å². The van der Waals surface area contributed by atoms with Crippen molar-refractivity contribution < 1.29 is 0 Å². The molecule has 2 aromatic rings. The number of nitrogens with one attached hydrogen (secondary N) is 2. The summed E-state index contributed by atoms with van der Waals surface area (Å²) in [6, 6.07) is 12.4. The van der Waals surface area contributed by atoms with Crippen LogP contribution in [0.5, 0.6) is 0 Å². The maximum Gasteiger partial charge on any atom is 0.191 e. The van der Waals surface area contributed by atoms with Gasteiger partial charge < -0.3 is 15.5 Å². The number of hydrogen-bond acceptors (Lipinski definition) is 3. The quantitative estimate of drug-likeness (QED) is 0.210. The van der Waals surface area contributed by atoms with Crippen LogP contribution in [0.3, 0.4) is 0 Å². The molecule has 0 radical (unpaired) electrons. The van der Waals surface area contributed by atoms with Crippen LogP contribution in [0.2, 0.25) is 5.15 Å². The largest absolute Gasteiger partial charge is 0.364 e. The molecule has 0 aliphatic carbocycles. The summed E-state index contributed by atoms with van der Waals surface area (Å²) >= 11 is 5.81. The van der Waals surface area contributed by atoms with Crippen molar-refractivity contribution in [2.75, 3.05) is 31.6 Å². The third-order valence-corrected chi connectivity index (χ3v) is 4.50. The summed E-state index contributed by atoms with van der Waals surface area (Å²) in [7, 11) is 1.78. The molecule has 2 N–H and O–H groups in total. The molecule has 27 heavy (non-hydrogen) atoms. The Morgan fingerprint density at radius 2 is 1.96 bits per heavy atom. The van der Waals surface area contributed by atoms with Gasteiger partial charge in [-0.2, -0.15) is 0 Å². The van der Waals surface area contributed by atoms with Gasteiger partial charge in [-0.1, -0.05) is 42.0 Å². The van der Waals surface area contributed by atoms with Crippen molar-refractivity contribution in [2.45, 2.75) is 13.0 Å². The van der Waals surface area contributed by atoms with E-state index in [4.69, 9.17) is 11.6 Å². The van der Waals surface area contributed by atoms with Crippen molar-refractivity contribution in [2.24, 2.45) is 4.99 Å². The first-order valence-electron chi connectivity index (χ1n) is 8.78. The first-order chi connectivity index (χ1) is 12.7. The Morgan fingerprint density at radius 3 is 2.67 bits per heavy atom. The Balaban J connectivity index is 0.00000261. The third-order valence-electron chi connectivity index (χ3n) is 4.27. The Morgan fingerprint density at radius 1 is 1.15 bits per heavy atom. The van der Waals surface area contributed by atoms with Crippen LogP contribution in [-0.4, -0.2) is 37.6 Å². The minimum atomic E-state index is 0. The van der Waals surface area contributed by atoms with Crippen LogP contribution in [0.1, 0.15) is 11.1 Å². The molecule has 0 fully saturated rings. The third kappa shape index (κ3) is 6.70. The number of nitrogens with zero attached hydrogens (tertiary/aromatic N) is 3. The fraction of sp³-hybridized carbons (Fsp3) is 0.300. The van der Waals surface area contributed by atoms with Crippen LogP contribution in [0.4, 0.5) is 5.69 Å². The molecule has 7 heteroatoms. The highest BCUT2D eigenvalue weighted by molar-refractivity contribution is 14.0. The molecule has 0 amide bonds. The molecule has 0 saturated heterocycles. The van der Waals surface area contributed by atoms with E-state index in [0.717, 1.165) is 44.1 Å². The normalized spacial score (nSPS) is 13.4. The lowest BCUT2D eigenvalue weighted by atomic mass is 10.2. The van der Waals surface area contributed by atoms with Gasteiger partial charge in [-0.05, 0) is 35.7 Å². The highest BCUT2D eigenvalue weighted by Crippen LogP contribution is 2.18. The van der Waals surface area contributed by atoms with Gasteiger partial charge in [-0.25, -0.2) is 4.98 Å². The van der Waals surface area contributed by atoms with Gasteiger partial charge in [0.2, 0.25) is 0 Å². The van der Waals surface area contributed by atoms with Crippen LogP contribution < -0.4 is 15.5 Å². The molecule has 0 saturated carbocycles. The fourth-order valence-corrected chi connectivity index (χ4v) is 2.95. The van der Waals surface area contributed by atoms with Crippen LogP contribution in [0.25, 0.3) is 0 Å². The van der Waals surface area contributed by atoms with Gasteiger partial charge in [0.1, 0.15) is 5.15 Å². The molecule has 0 bridgehead atoms. The van der Waals surface area contributed by atoms with E-state index in [0.29, 0.717) is 5.15 Å². The average molecular weight is 498 g/mol. The fourth-order valence-electron chi connectivity index (χ4n) is 2.84. The molecule has 1 aliphatic rings. The molecule has 0 atom stereocenters. The van der Waals surface area contributed by atoms with E-state index in [2.05, 4.69) is 61.9 Å². The Kier molecular flexibility index (Phi) is 8.87. The number of guanidine groups is 1. The number of aliphatic imine (C=N–C) groups is 1. The van der Waals surface area contributed by atoms with Gasteiger partial charge in [-0.3, -0.25) is 4.99 Å². The summed E-state index contributed by atoms with van der Waals surface area (Å²) in [5.41, 5.74) is 3.64. The Bertz CT molecular complexity index is 768. The number of anilines is 1. The van der Waals surface area contributed by atoms with Gasteiger partial charge >= 0.3 is 0 Å². The lowest BCUT2D eigenvalue weighted by molar-refractivity contribution is 0.793. The molecule has 3 rings (SSSR count). The zero-order valence-electron chi connectivity index (χ0n) is 15.4. The number of benzene rings is 1. The summed E-state index contributed by atoms with van der Waals surface area (Å²) in [6.45, 7) is 3.49. The molecular formula is C20H25ClIN5. The molecule has 144 valence electrons. The highest BCUT2D eigenvalue weighted by atomic mass is 127. The summed E-state index contributed by atoms with van der Waals surface area (Å²) in [4.78, 5) is 10.7. The summed E-state index contributed by atoms with van der Waals surface area (Å²) < 4.78 is 0. The second-order valence-corrected chi connectivity index (χ2v) is 6.53. The molecule has 1 aromatic carbocycles. The second-order valence-electron chi connectivity index (χ2n) is 6.14. The molecule has 1 aliphatic heterocycles. The van der Waals surface area contributed by atoms with E-state index in [1.807, 2.05) is 12.1 Å². The number of hydrogen-bond donors (Lipinski definition) is 2. The Hall–Kier alpha value is -1.80. The molecule has 0 spiro atoms. The van der Waals surface area contributed by atoms with Gasteiger partial charge in [0.15, 0.2) is 5.96 Å². The number of pyridine rings is 1. The van der Waals surface area contributed by atoms with E-state index >= 15 is 0 Å². The smallest absolute Gasteiger partial charge is 0.191 e. The van der Waals surface area contributed by atoms with Crippen molar-refractivity contribution in [3.05, 3.63) is 71.0 Å². The van der Waals surface area contributed by atoms with Crippen LogP contribution in [0.15, 0.2) is 59.7 Å². The van der Waals surface area contributed by atoms with E-state index in [1.165, 1.54) is 11.3 Å². The highest BCUT2D eigenvalue weighted by Gasteiger charge is 2.08. The number of aromatic nitrogens is 1. The van der Waals surface area contributed by atoms with Crippen LogP contribution in [0, 0.1) is 0 Å². The predicted octanol–water partition coefficient (Wildman–Crippen LogP) is 3.64. The predicted molar refractivity (Wildman–Crippen MR) is 124 cm³/mol. The van der Waals surface area contributed by atoms with Crippen molar-refractivity contribution in [3.8, 4) is 0 Å². The molecule has 0 unspecified atom stereocenters. The van der Waals surface area contributed by atoms with Gasteiger partial charge in [0, 0.05) is 45.1 Å². The van der Waals surface area contributed by atoms with Crippen LogP contribution in [-0.2, 0) is 13.0 Å². The topological polar surface area (TPSA) is 52.6 Å². The van der Waals surface area contributed by atoms with Crippen molar-refractivity contribution >= 4 is 47.2 Å². The minimum Gasteiger partial charge on any atom is -0.364 e. The van der Waals surface area contributed by atoms with Crippen molar-refractivity contribution in [1.29, 1.82) is 0 Å². The summed E-state index contributed by atoms with van der Waals surface area (Å²) in [5, 5.41) is 7.22. The maximum atomic E-state index is 5.81. The molecule has 2 heterocycles. The van der Waals surface area contributed by atoms with E-state index in [9.17, 15) is 0 Å². The van der Waals surface area contributed by atoms with Crippen molar-refractivity contribution in [1.82, 2.24) is 15.6 Å². The first kappa shape index (κ1) is 21.5. The Labute approximate surface area is 182 Å². The van der Waals surface area contributed by atoms with E-state index in [-0.39, 0.29) is 24.0 Å². The molecule has 5 nitrogen and oxygen atoms in total. The van der Waals surface area contributed by atoms with Gasteiger partial charge in [-0.15, -0.1) is 24.0 Å². The van der Waals surface area contributed by atoms with E-state index in [1.54, 1.807) is 13.2 Å². The minimum absolute atomic E-state index is 0. The summed E-state index contributed by atoms with van der Waals surface area (Å²) in [6.07, 6.45) is 7.07. The zero-order chi connectivity index (χ0) is 18.2. The zero-order valence-corrected chi connectivity index (χ0v) is 18.4. The lowest BCUT2D eigenvalue weighted by Crippen LogP contribution is -2.37. The molecule has 1 aromatic heterocycles. The summed E-state index contributed by atoms with van der Waals surface area (Å²) in [5.74, 6) is 0.792. The average Bonchev–Trinajstić information content (AvgIpc) is 3.21. The number of rotatable bonds is 6. The maximum absolute atomic E-state index is 5.81. The van der Waals surface area contributed by atoms with E-state index < -0.39 is 0 Å². The standard InChI is InChI=1S/C20H24ClN5.HI/c1-22-20(23-10-9-16-7-8-19(21)24-14-16)25-15-17-5-4-6-18(13-17)26-11-2-3-12-26;/h2-8,13-14H,9-12,15H2,1H3,(H2,22,23,25);1H. The SMILES string of the molecule is CN=C(NCCc1ccc(Cl)nc1)NCc1cccc(N2CC=CC2)c1.I. The monoisotopic (exact) mass is 497 g/mol. The van der Waals surface area contributed by atoms with Gasteiger partial charge in [0.25, 0.3) is 0 Å². The molecular weight excluding hydrogens is 473 g/mol. The second kappa shape index (κ2) is 11.1. The number of halogens is 2. The van der Waals surface area contributed by atoms with Gasteiger partial charge in [0.05, 0.1) is 0 Å². The first-order valence-corrected chi connectivity index (χ1v) is 9.16.